The highest BCUT2D eigenvalue weighted by Crippen LogP contribution is 2.14. The maximum Gasteiger partial charge on any atom is 0.274 e. The lowest BCUT2D eigenvalue weighted by Gasteiger charge is -2.03. The summed E-state index contributed by atoms with van der Waals surface area (Å²) in [5.41, 5.74) is 0.502. The molecule has 0 aromatic carbocycles. The molecule has 0 saturated heterocycles. The van der Waals surface area contributed by atoms with Gasteiger partial charge in [0.25, 0.3) is 5.24 Å². The monoisotopic (exact) mass is 181 g/mol. The molecule has 0 amide bonds. The van der Waals surface area contributed by atoms with E-state index in [4.69, 9.17) is 24.2 Å². The van der Waals surface area contributed by atoms with Crippen LogP contribution in [0.15, 0.2) is 12.3 Å². The van der Waals surface area contributed by atoms with Crippen LogP contribution in [0.4, 0.5) is 0 Å². The van der Waals surface area contributed by atoms with Gasteiger partial charge in [0.15, 0.2) is 5.69 Å². The fourth-order valence-corrected chi connectivity index (χ4v) is 0.905. The summed E-state index contributed by atoms with van der Waals surface area (Å²) in [5.74, 6) is 0.287. The van der Waals surface area contributed by atoms with Crippen molar-refractivity contribution in [3.05, 3.63) is 18.0 Å². The first kappa shape index (κ1) is 9.07. The number of hydrogen-bond donors (Lipinski definition) is 0. The maximum absolute atomic E-state index is 10.7. The minimum Gasteiger partial charge on any atom is -0.494 e. The summed E-state index contributed by atoms with van der Waals surface area (Å²) in [6.45, 7) is 0. The number of methoxy groups -OCH3 is 1. The van der Waals surface area contributed by atoms with Crippen LogP contribution in [0.3, 0.4) is 0 Å². The van der Waals surface area contributed by atoms with Gasteiger partial charge in [-0.25, -0.2) is 4.98 Å². The number of carbonyl (C=O) groups is 1. The Hall–Kier alpha value is -1.03. The summed E-state index contributed by atoms with van der Waals surface area (Å²) in [5, 5.41) is -0.660. The Balaban J connectivity index is 3.20. The molecule has 0 bridgehead atoms. The Morgan fingerprint density at radius 3 is 2.92 bits per heavy atom. The SMILES string of the molecule is [B]c1cnc(C(=O)Cl)c(OC)c1. The second kappa shape index (κ2) is 3.58. The highest BCUT2D eigenvalue weighted by molar-refractivity contribution is 6.67. The van der Waals surface area contributed by atoms with Crippen molar-refractivity contribution in [1.29, 1.82) is 0 Å². The number of ether oxygens (including phenoxy) is 1. The van der Waals surface area contributed by atoms with E-state index >= 15 is 0 Å². The van der Waals surface area contributed by atoms with Gasteiger partial charge in [-0.15, -0.1) is 0 Å². The topological polar surface area (TPSA) is 39.2 Å². The number of pyridine rings is 1. The number of carbonyl (C=O) groups excluding carboxylic acids is 1. The zero-order chi connectivity index (χ0) is 9.14. The van der Waals surface area contributed by atoms with Gasteiger partial charge >= 0.3 is 0 Å². The van der Waals surface area contributed by atoms with Gasteiger partial charge in [0.05, 0.1) is 7.11 Å². The Morgan fingerprint density at radius 2 is 2.42 bits per heavy atom. The fraction of sp³-hybridized carbons (Fsp3) is 0.143. The Morgan fingerprint density at radius 1 is 1.75 bits per heavy atom. The molecule has 0 fully saturated rings. The van der Waals surface area contributed by atoms with Crippen molar-refractivity contribution in [2.75, 3.05) is 7.11 Å². The zero-order valence-corrected chi connectivity index (χ0v) is 7.13. The third kappa shape index (κ3) is 1.77. The van der Waals surface area contributed by atoms with Crippen molar-refractivity contribution in [1.82, 2.24) is 4.98 Å². The van der Waals surface area contributed by atoms with E-state index in [9.17, 15) is 4.79 Å². The van der Waals surface area contributed by atoms with Crippen LogP contribution < -0.4 is 10.2 Å². The number of nitrogens with zero attached hydrogens (tertiary/aromatic N) is 1. The molecule has 5 heteroatoms. The highest BCUT2D eigenvalue weighted by Gasteiger charge is 2.10. The van der Waals surface area contributed by atoms with E-state index in [1.807, 2.05) is 0 Å². The molecule has 0 spiro atoms. The summed E-state index contributed by atoms with van der Waals surface area (Å²) in [4.78, 5) is 14.4. The van der Waals surface area contributed by atoms with E-state index in [1.165, 1.54) is 19.4 Å². The molecule has 0 saturated carbocycles. The van der Waals surface area contributed by atoms with Crippen LogP contribution >= 0.6 is 11.6 Å². The third-order valence-corrected chi connectivity index (χ3v) is 1.46. The number of hydrogen-bond acceptors (Lipinski definition) is 3. The average Bonchev–Trinajstić information content (AvgIpc) is 2.03. The number of aromatic nitrogens is 1. The molecule has 1 rings (SSSR count). The molecule has 1 aromatic heterocycles. The lowest BCUT2D eigenvalue weighted by Crippen LogP contribution is -2.08. The lowest BCUT2D eigenvalue weighted by molar-refractivity contribution is 0.107. The molecule has 0 aliphatic rings. The van der Waals surface area contributed by atoms with Crippen LogP contribution in [0.25, 0.3) is 0 Å². The fourth-order valence-electron chi connectivity index (χ4n) is 0.763. The van der Waals surface area contributed by atoms with Crippen molar-refractivity contribution in [3.8, 4) is 5.75 Å². The molecule has 0 aliphatic carbocycles. The van der Waals surface area contributed by atoms with E-state index in [2.05, 4.69) is 4.98 Å². The van der Waals surface area contributed by atoms with E-state index in [0.29, 0.717) is 5.46 Å². The van der Waals surface area contributed by atoms with Crippen molar-refractivity contribution >= 4 is 30.2 Å². The van der Waals surface area contributed by atoms with Gasteiger partial charge in [0, 0.05) is 6.20 Å². The minimum absolute atomic E-state index is 0.0772. The molecule has 3 nitrogen and oxygen atoms in total. The summed E-state index contributed by atoms with van der Waals surface area (Å²) in [6.07, 6.45) is 1.35. The largest absolute Gasteiger partial charge is 0.494 e. The average molecular weight is 181 g/mol. The molecule has 0 N–H and O–H groups in total. The van der Waals surface area contributed by atoms with Crippen molar-refractivity contribution < 1.29 is 9.53 Å². The standard InChI is InChI=1S/C7H5BClNO2/c1-12-5-2-4(8)3-10-6(5)7(9)11/h2-3H,1H3. The van der Waals surface area contributed by atoms with Gasteiger partial charge in [-0.3, -0.25) is 4.79 Å². The van der Waals surface area contributed by atoms with Gasteiger partial charge in [-0.1, -0.05) is 5.46 Å². The molecule has 60 valence electrons. The first-order valence-corrected chi connectivity index (χ1v) is 3.52. The van der Waals surface area contributed by atoms with Crippen LogP contribution in [0.5, 0.6) is 5.75 Å². The summed E-state index contributed by atoms with van der Waals surface area (Å²) in [6, 6.07) is 1.49. The molecule has 0 atom stereocenters. The highest BCUT2D eigenvalue weighted by atomic mass is 35.5. The quantitative estimate of drug-likeness (QED) is 0.485. The first-order chi connectivity index (χ1) is 5.65. The molecule has 1 aromatic rings. The molecule has 0 unspecified atom stereocenters. The van der Waals surface area contributed by atoms with Crippen LogP contribution in [-0.4, -0.2) is 25.2 Å². The molecule has 2 radical (unpaired) electrons. The Kier molecular flexibility index (Phi) is 2.71. The van der Waals surface area contributed by atoms with E-state index in [1.54, 1.807) is 0 Å². The second-order valence-corrected chi connectivity index (χ2v) is 2.44. The Labute approximate surface area is 76.1 Å². The predicted molar refractivity (Wildman–Crippen MR) is 46.4 cm³/mol. The van der Waals surface area contributed by atoms with Crippen LogP contribution in [0.1, 0.15) is 10.5 Å². The second-order valence-electron chi connectivity index (χ2n) is 2.09. The van der Waals surface area contributed by atoms with Gasteiger partial charge in [0.2, 0.25) is 0 Å². The van der Waals surface area contributed by atoms with E-state index in [0.717, 1.165) is 0 Å². The van der Waals surface area contributed by atoms with Crippen LogP contribution in [-0.2, 0) is 0 Å². The third-order valence-electron chi connectivity index (χ3n) is 1.28. The molecular weight excluding hydrogens is 176 g/mol. The molecule has 1 heterocycles. The summed E-state index contributed by atoms with van der Waals surface area (Å²) >= 11 is 5.22. The van der Waals surface area contributed by atoms with Gasteiger partial charge in [0.1, 0.15) is 13.6 Å². The van der Waals surface area contributed by atoms with E-state index < -0.39 is 5.24 Å². The van der Waals surface area contributed by atoms with Crippen LogP contribution in [0.2, 0.25) is 0 Å². The first-order valence-electron chi connectivity index (χ1n) is 3.14. The summed E-state index contributed by atoms with van der Waals surface area (Å²) < 4.78 is 4.84. The van der Waals surface area contributed by atoms with Crippen molar-refractivity contribution in [2.45, 2.75) is 0 Å². The lowest BCUT2D eigenvalue weighted by atomic mass is 9.98. The normalized spacial score (nSPS) is 9.50. The molecule has 0 aliphatic heterocycles. The smallest absolute Gasteiger partial charge is 0.274 e. The maximum atomic E-state index is 10.7. The van der Waals surface area contributed by atoms with E-state index in [-0.39, 0.29) is 11.4 Å². The summed E-state index contributed by atoms with van der Waals surface area (Å²) in [7, 11) is 6.82. The van der Waals surface area contributed by atoms with Gasteiger partial charge in [-0.2, -0.15) is 0 Å². The molecule has 12 heavy (non-hydrogen) atoms. The zero-order valence-electron chi connectivity index (χ0n) is 6.37. The predicted octanol–water partition coefficient (Wildman–Crippen LogP) is 0.263. The minimum atomic E-state index is -0.660. The Bertz CT molecular complexity index is 316. The van der Waals surface area contributed by atoms with Crippen molar-refractivity contribution in [2.24, 2.45) is 0 Å². The molecular formula is C7H5BClNO2. The number of rotatable bonds is 2. The van der Waals surface area contributed by atoms with Crippen molar-refractivity contribution in [3.63, 3.8) is 0 Å². The van der Waals surface area contributed by atoms with Gasteiger partial charge in [-0.05, 0) is 17.7 Å². The van der Waals surface area contributed by atoms with Crippen LogP contribution in [0, 0.1) is 0 Å². The van der Waals surface area contributed by atoms with Gasteiger partial charge < -0.3 is 4.74 Å². The number of halogens is 1.